The lowest BCUT2D eigenvalue weighted by Crippen LogP contribution is -2.22. The fraction of sp³-hybridized carbons (Fsp3) is 0.261. The molecule has 0 unspecified atom stereocenters. The Morgan fingerprint density at radius 1 is 1.15 bits per heavy atom. The van der Waals surface area contributed by atoms with Gasteiger partial charge in [0.1, 0.15) is 5.56 Å². The van der Waals surface area contributed by atoms with Crippen molar-refractivity contribution in [1.82, 2.24) is 14.8 Å². The van der Waals surface area contributed by atoms with Crippen molar-refractivity contribution in [2.24, 2.45) is 0 Å². The zero-order valence-electron chi connectivity index (χ0n) is 18.3. The van der Waals surface area contributed by atoms with Crippen molar-refractivity contribution >= 4 is 23.3 Å². The molecule has 3 heterocycles. The Kier molecular flexibility index (Phi) is 6.07. The molecule has 4 rings (SSSR count). The SMILES string of the molecule is CC(=O)c1cc2c(cc1NC(=O)COC(=O)c1cnn(-c3ccccn3)c1C(C)C)OCO2. The fourth-order valence-electron chi connectivity index (χ4n) is 3.46. The van der Waals surface area contributed by atoms with E-state index in [1.54, 1.807) is 23.0 Å². The van der Waals surface area contributed by atoms with E-state index in [1.165, 1.54) is 25.3 Å². The maximum atomic E-state index is 12.7. The van der Waals surface area contributed by atoms with Gasteiger partial charge in [0.2, 0.25) is 6.79 Å². The summed E-state index contributed by atoms with van der Waals surface area (Å²) in [5, 5.41) is 6.87. The van der Waals surface area contributed by atoms with Crippen molar-refractivity contribution in [2.45, 2.75) is 26.7 Å². The van der Waals surface area contributed by atoms with E-state index in [-0.39, 0.29) is 35.3 Å². The van der Waals surface area contributed by atoms with Crippen LogP contribution in [0.5, 0.6) is 11.5 Å². The molecule has 0 spiro atoms. The lowest BCUT2D eigenvalue weighted by atomic mass is 10.1. The Morgan fingerprint density at radius 3 is 2.58 bits per heavy atom. The van der Waals surface area contributed by atoms with Gasteiger partial charge in [-0.05, 0) is 31.0 Å². The maximum Gasteiger partial charge on any atom is 0.342 e. The second-order valence-corrected chi connectivity index (χ2v) is 7.63. The number of rotatable bonds is 7. The number of aromatic nitrogens is 3. The molecule has 33 heavy (non-hydrogen) atoms. The quantitative estimate of drug-likeness (QED) is 0.430. The van der Waals surface area contributed by atoms with Gasteiger partial charge in [0.05, 0.1) is 17.6 Å². The summed E-state index contributed by atoms with van der Waals surface area (Å²) in [4.78, 5) is 41.4. The number of ether oxygens (including phenoxy) is 3. The van der Waals surface area contributed by atoms with Gasteiger partial charge >= 0.3 is 5.97 Å². The molecule has 0 radical (unpaired) electrons. The number of Topliss-reactive ketones (excluding diaryl/α,β-unsaturated/α-hetero) is 1. The highest BCUT2D eigenvalue weighted by Crippen LogP contribution is 2.37. The van der Waals surface area contributed by atoms with Crippen LogP contribution in [-0.2, 0) is 9.53 Å². The van der Waals surface area contributed by atoms with E-state index in [1.807, 2.05) is 19.9 Å². The number of amides is 1. The molecule has 2 aromatic heterocycles. The van der Waals surface area contributed by atoms with E-state index in [0.717, 1.165) is 0 Å². The summed E-state index contributed by atoms with van der Waals surface area (Å²) in [5.41, 5.74) is 1.38. The molecular weight excluding hydrogens is 428 g/mol. The standard InChI is InChI=1S/C23H22N4O6/c1-13(2)22-16(10-25-27(22)20-6-4-5-7-24-20)23(30)31-11-21(29)26-17-9-19-18(32-12-33-19)8-15(17)14(3)28/h4-10,13H,11-12H2,1-3H3,(H,26,29). The molecule has 0 saturated carbocycles. The normalized spacial score (nSPS) is 12.0. The van der Waals surface area contributed by atoms with Crippen LogP contribution in [0.1, 0.15) is 53.1 Å². The van der Waals surface area contributed by atoms with Crippen LogP contribution in [0.2, 0.25) is 0 Å². The molecule has 1 aliphatic rings. The van der Waals surface area contributed by atoms with Gasteiger partial charge in [0, 0.05) is 17.8 Å². The number of nitrogens with zero attached hydrogens (tertiary/aromatic N) is 3. The van der Waals surface area contributed by atoms with Gasteiger partial charge in [0.25, 0.3) is 5.91 Å². The highest BCUT2D eigenvalue weighted by molar-refractivity contribution is 6.05. The van der Waals surface area contributed by atoms with Gasteiger partial charge in [-0.15, -0.1) is 0 Å². The molecule has 170 valence electrons. The largest absolute Gasteiger partial charge is 0.454 e. The third-order valence-corrected chi connectivity index (χ3v) is 4.94. The average Bonchev–Trinajstić information content (AvgIpc) is 3.44. The molecule has 1 N–H and O–H groups in total. The summed E-state index contributed by atoms with van der Waals surface area (Å²) in [5.74, 6) is -0.202. The van der Waals surface area contributed by atoms with Crippen molar-refractivity contribution in [3.63, 3.8) is 0 Å². The maximum absolute atomic E-state index is 12.7. The first-order chi connectivity index (χ1) is 15.8. The second-order valence-electron chi connectivity index (χ2n) is 7.63. The molecular formula is C23H22N4O6. The number of anilines is 1. The van der Waals surface area contributed by atoms with Crippen LogP contribution in [0, 0.1) is 0 Å². The van der Waals surface area contributed by atoms with E-state index in [0.29, 0.717) is 23.0 Å². The van der Waals surface area contributed by atoms with Crippen LogP contribution in [-0.4, -0.2) is 45.8 Å². The minimum Gasteiger partial charge on any atom is -0.454 e. The van der Waals surface area contributed by atoms with Crippen LogP contribution in [0.4, 0.5) is 5.69 Å². The summed E-state index contributed by atoms with van der Waals surface area (Å²) < 4.78 is 17.4. The summed E-state index contributed by atoms with van der Waals surface area (Å²) >= 11 is 0. The molecule has 0 saturated heterocycles. The van der Waals surface area contributed by atoms with Gasteiger partial charge in [-0.3, -0.25) is 9.59 Å². The minimum atomic E-state index is -0.687. The van der Waals surface area contributed by atoms with Crippen molar-refractivity contribution in [3.05, 3.63) is 59.5 Å². The summed E-state index contributed by atoms with van der Waals surface area (Å²) in [6.45, 7) is 4.70. The molecule has 0 fully saturated rings. The first-order valence-corrected chi connectivity index (χ1v) is 10.3. The predicted octanol–water partition coefficient (Wildman–Crippen LogP) is 3.12. The number of carbonyl (C=O) groups is 3. The van der Waals surface area contributed by atoms with Crippen LogP contribution < -0.4 is 14.8 Å². The Hall–Kier alpha value is -4.21. The second kappa shape index (κ2) is 9.11. The van der Waals surface area contributed by atoms with Gasteiger partial charge in [-0.25, -0.2) is 14.5 Å². The van der Waals surface area contributed by atoms with Gasteiger partial charge < -0.3 is 19.5 Å². The van der Waals surface area contributed by atoms with Gasteiger partial charge in [0.15, 0.2) is 29.7 Å². The molecule has 1 aromatic carbocycles. The lowest BCUT2D eigenvalue weighted by molar-refractivity contribution is -0.119. The smallest absolute Gasteiger partial charge is 0.342 e. The zero-order valence-corrected chi connectivity index (χ0v) is 18.3. The number of carbonyl (C=O) groups excluding carboxylic acids is 3. The minimum absolute atomic E-state index is 0.0338. The number of nitrogens with one attached hydrogen (secondary N) is 1. The van der Waals surface area contributed by atoms with E-state index in [9.17, 15) is 14.4 Å². The summed E-state index contributed by atoms with van der Waals surface area (Å²) in [6, 6.07) is 8.40. The van der Waals surface area contributed by atoms with Crippen molar-refractivity contribution in [1.29, 1.82) is 0 Å². The zero-order chi connectivity index (χ0) is 23.5. The number of benzene rings is 1. The molecule has 3 aromatic rings. The van der Waals surface area contributed by atoms with Crippen LogP contribution in [0.15, 0.2) is 42.7 Å². The Morgan fingerprint density at radius 2 is 1.91 bits per heavy atom. The fourth-order valence-corrected chi connectivity index (χ4v) is 3.46. The number of esters is 1. The number of pyridine rings is 1. The van der Waals surface area contributed by atoms with Crippen LogP contribution in [0.25, 0.3) is 5.82 Å². The molecule has 0 bridgehead atoms. The first kappa shape index (κ1) is 22.0. The molecule has 1 amide bonds. The topological polar surface area (TPSA) is 122 Å². The molecule has 10 heteroatoms. The lowest BCUT2D eigenvalue weighted by Gasteiger charge is -2.13. The van der Waals surface area contributed by atoms with Crippen molar-refractivity contribution in [3.8, 4) is 17.3 Å². The third kappa shape index (κ3) is 4.54. The molecule has 0 atom stereocenters. The number of hydrogen-bond donors (Lipinski definition) is 1. The Balaban J connectivity index is 1.47. The Labute approximate surface area is 189 Å². The van der Waals surface area contributed by atoms with E-state index < -0.39 is 18.5 Å². The average molecular weight is 450 g/mol. The molecule has 1 aliphatic heterocycles. The number of fused-ring (bicyclic) bond motifs is 1. The predicted molar refractivity (Wildman–Crippen MR) is 117 cm³/mol. The Bertz CT molecular complexity index is 1220. The van der Waals surface area contributed by atoms with Crippen molar-refractivity contribution in [2.75, 3.05) is 18.7 Å². The van der Waals surface area contributed by atoms with Crippen LogP contribution in [0.3, 0.4) is 0 Å². The van der Waals surface area contributed by atoms with Crippen molar-refractivity contribution < 1.29 is 28.6 Å². The number of hydrogen-bond acceptors (Lipinski definition) is 8. The molecule has 0 aliphatic carbocycles. The third-order valence-electron chi connectivity index (χ3n) is 4.94. The highest BCUT2D eigenvalue weighted by atomic mass is 16.7. The van der Waals surface area contributed by atoms with E-state index >= 15 is 0 Å². The summed E-state index contributed by atoms with van der Waals surface area (Å²) in [7, 11) is 0. The van der Waals surface area contributed by atoms with Crippen LogP contribution >= 0.6 is 0 Å². The molecule has 10 nitrogen and oxygen atoms in total. The van der Waals surface area contributed by atoms with E-state index in [4.69, 9.17) is 14.2 Å². The van der Waals surface area contributed by atoms with Gasteiger partial charge in [-0.1, -0.05) is 19.9 Å². The number of ketones is 1. The first-order valence-electron chi connectivity index (χ1n) is 10.3. The van der Waals surface area contributed by atoms with Gasteiger partial charge in [-0.2, -0.15) is 5.10 Å². The summed E-state index contributed by atoms with van der Waals surface area (Å²) in [6.07, 6.45) is 3.03. The van der Waals surface area contributed by atoms with E-state index in [2.05, 4.69) is 15.4 Å². The monoisotopic (exact) mass is 450 g/mol. The highest BCUT2D eigenvalue weighted by Gasteiger charge is 2.24.